The van der Waals surface area contributed by atoms with E-state index >= 15 is 0 Å². The van der Waals surface area contributed by atoms with E-state index in [-0.39, 0.29) is 5.41 Å². The van der Waals surface area contributed by atoms with Gasteiger partial charge in [-0.3, -0.25) is 0 Å². The molecular formula is C9H20N6. The summed E-state index contributed by atoms with van der Waals surface area (Å²) in [4.78, 5) is 2.18. The van der Waals surface area contributed by atoms with E-state index in [4.69, 9.17) is 0 Å². The monoisotopic (exact) mass is 212 g/mol. The molecule has 0 aliphatic rings. The lowest BCUT2D eigenvalue weighted by atomic mass is 9.93. The molecule has 0 aromatic carbocycles. The summed E-state index contributed by atoms with van der Waals surface area (Å²) in [5.74, 6) is 0.710. The standard InChI is InChI=1S/C9H20N6/c1-9(2,7-14(3)4)6-10-8-11-12-13-15(8)5/h6-7H2,1-5H3,(H,10,11,13). The normalized spacial score (nSPS) is 12.1. The first-order valence-corrected chi connectivity index (χ1v) is 5.02. The number of hydrogen-bond donors (Lipinski definition) is 1. The number of nitrogens with zero attached hydrogens (tertiary/aromatic N) is 5. The van der Waals surface area contributed by atoms with Crippen molar-refractivity contribution in [3.8, 4) is 0 Å². The Morgan fingerprint density at radius 3 is 2.53 bits per heavy atom. The predicted octanol–water partition coefficient (Wildman–Crippen LogP) is 0.210. The minimum absolute atomic E-state index is 0.190. The Hall–Kier alpha value is -1.17. The van der Waals surface area contributed by atoms with E-state index in [2.05, 4.69) is 53.7 Å². The number of hydrogen-bond acceptors (Lipinski definition) is 5. The molecule has 1 rings (SSSR count). The molecule has 1 aromatic rings. The third kappa shape index (κ3) is 3.83. The van der Waals surface area contributed by atoms with Crippen LogP contribution in [0, 0.1) is 5.41 Å². The molecule has 0 aliphatic carbocycles. The highest BCUT2D eigenvalue weighted by molar-refractivity contribution is 5.21. The van der Waals surface area contributed by atoms with Crippen LogP contribution in [-0.4, -0.2) is 52.3 Å². The lowest BCUT2D eigenvalue weighted by Gasteiger charge is -2.28. The smallest absolute Gasteiger partial charge is 0.242 e. The third-order valence-corrected chi connectivity index (χ3v) is 2.09. The maximum Gasteiger partial charge on any atom is 0.242 e. The van der Waals surface area contributed by atoms with E-state index in [1.165, 1.54) is 0 Å². The Balaban J connectivity index is 2.46. The number of tetrazole rings is 1. The Labute approximate surface area is 90.6 Å². The van der Waals surface area contributed by atoms with Gasteiger partial charge in [-0.1, -0.05) is 18.9 Å². The number of rotatable bonds is 5. The fourth-order valence-corrected chi connectivity index (χ4v) is 1.61. The summed E-state index contributed by atoms with van der Waals surface area (Å²) in [7, 11) is 5.97. The third-order valence-electron chi connectivity index (χ3n) is 2.09. The lowest BCUT2D eigenvalue weighted by Crippen LogP contribution is -2.34. The van der Waals surface area contributed by atoms with Crippen molar-refractivity contribution >= 4 is 5.95 Å². The molecule has 0 radical (unpaired) electrons. The molecule has 0 unspecified atom stereocenters. The van der Waals surface area contributed by atoms with Gasteiger partial charge in [0.1, 0.15) is 0 Å². The van der Waals surface area contributed by atoms with Gasteiger partial charge >= 0.3 is 0 Å². The molecule has 0 amide bonds. The van der Waals surface area contributed by atoms with Gasteiger partial charge in [0.15, 0.2) is 0 Å². The molecule has 0 bridgehead atoms. The topological polar surface area (TPSA) is 58.9 Å². The van der Waals surface area contributed by atoms with Gasteiger partial charge in [-0.25, -0.2) is 4.68 Å². The molecule has 86 valence electrons. The van der Waals surface area contributed by atoms with Gasteiger partial charge in [0.2, 0.25) is 5.95 Å². The van der Waals surface area contributed by atoms with Crippen molar-refractivity contribution in [1.82, 2.24) is 25.1 Å². The summed E-state index contributed by atoms with van der Waals surface area (Å²) in [6.45, 7) is 6.29. The summed E-state index contributed by atoms with van der Waals surface area (Å²) in [5, 5.41) is 14.4. The molecule has 0 atom stereocenters. The van der Waals surface area contributed by atoms with Gasteiger partial charge in [-0.05, 0) is 29.9 Å². The molecule has 15 heavy (non-hydrogen) atoms. The Morgan fingerprint density at radius 1 is 1.40 bits per heavy atom. The van der Waals surface area contributed by atoms with Crippen molar-refractivity contribution in [2.45, 2.75) is 13.8 Å². The number of nitrogens with one attached hydrogen (secondary N) is 1. The van der Waals surface area contributed by atoms with Gasteiger partial charge in [-0.2, -0.15) is 0 Å². The van der Waals surface area contributed by atoms with Crippen molar-refractivity contribution in [2.24, 2.45) is 12.5 Å². The zero-order valence-electron chi connectivity index (χ0n) is 10.2. The molecular weight excluding hydrogens is 192 g/mol. The van der Waals surface area contributed by atoms with Gasteiger partial charge in [-0.15, -0.1) is 0 Å². The Bertz CT molecular complexity index is 303. The molecule has 0 saturated heterocycles. The van der Waals surface area contributed by atoms with Crippen LogP contribution in [0.5, 0.6) is 0 Å². The van der Waals surface area contributed by atoms with Crippen LogP contribution in [0.4, 0.5) is 5.95 Å². The zero-order valence-corrected chi connectivity index (χ0v) is 10.2. The second-order valence-corrected chi connectivity index (χ2v) is 4.88. The fourth-order valence-electron chi connectivity index (χ4n) is 1.61. The average molecular weight is 212 g/mol. The highest BCUT2D eigenvalue weighted by atomic mass is 15.6. The van der Waals surface area contributed by atoms with Crippen molar-refractivity contribution in [3.05, 3.63) is 0 Å². The van der Waals surface area contributed by atoms with Crippen LogP contribution in [0.25, 0.3) is 0 Å². The highest BCUT2D eigenvalue weighted by Gasteiger charge is 2.19. The second kappa shape index (κ2) is 4.57. The summed E-state index contributed by atoms with van der Waals surface area (Å²) >= 11 is 0. The van der Waals surface area contributed by atoms with Crippen molar-refractivity contribution < 1.29 is 0 Å². The predicted molar refractivity (Wildman–Crippen MR) is 59.6 cm³/mol. The quantitative estimate of drug-likeness (QED) is 0.756. The summed E-state index contributed by atoms with van der Waals surface area (Å²) < 4.78 is 1.63. The largest absolute Gasteiger partial charge is 0.352 e. The van der Waals surface area contributed by atoms with E-state index in [0.717, 1.165) is 13.1 Å². The van der Waals surface area contributed by atoms with Crippen molar-refractivity contribution in [3.63, 3.8) is 0 Å². The Morgan fingerprint density at radius 2 is 2.07 bits per heavy atom. The zero-order chi connectivity index (χ0) is 11.5. The van der Waals surface area contributed by atoms with Gasteiger partial charge in [0, 0.05) is 20.1 Å². The van der Waals surface area contributed by atoms with E-state index in [0.29, 0.717) is 5.95 Å². The van der Waals surface area contributed by atoms with Crippen LogP contribution < -0.4 is 5.32 Å². The van der Waals surface area contributed by atoms with Crippen LogP contribution >= 0.6 is 0 Å². The first-order valence-electron chi connectivity index (χ1n) is 5.02. The molecule has 0 saturated carbocycles. The van der Waals surface area contributed by atoms with Crippen LogP contribution in [0.1, 0.15) is 13.8 Å². The van der Waals surface area contributed by atoms with E-state index in [9.17, 15) is 0 Å². The fraction of sp³-hybridized carbons (Fsp3) is 0.889. The van der Waals surface area contributed by atoms with Crippen LogP contribution in [0.2, 0.25) is 0 Å². The molecule has 0 aliphatic heterocycles. The Kier molecular flexibility index (Phi) is 3.62. The molecule has 1 aromatic heterocycles. The lowest BCUT2D eigenvalue weighted by molar-refractivity contribution is 0.253. The molecule has 0 spiro atoms. The van der Waals surface area contributed by atoms with Gasteiger partial charge < -0.3 is 10.2 Å². The average Bonchev–Trinajstić information content (AvgIpc) is 2.45. The van der Waals surface area contributed by atoms with E-state index in [1.54, 1.807) is 4.68 Å². The highest BCUT2D eigenvalue weighted by Crippen LogP contribution is 2.16. The molecule has 6 heteroatoms. The number of anilines is 1. The summed E-state index contributed by atoms with van der Waals surface area (Å²) in [6, 6.07) is 0. The van der Waals surface area contributed by atoms with Crippen molar-refractivity contribution in [1.29, 1.82) is 0 Å². The second-order valence-electron chi connectivity index (χ2n) is 4.88. The summed E-state index contributed by atoms with van der Waals surface area (Å²) in [5.41, 5.74) is 0.190. The van der Waals surface area contributed by atoms with Gasteiger partial charge in [0.05, 0.1) is 0 Å². The van der Waals surface area contributed by atoms with Crippen LogP contribution in [0.15, 0.2) is 0 Å². The molecule has 6 nitrogen and oxygen atoms in total. The minimum atomic E-state index is 0.190. The first kappa shape index (κ1) is 11.9. The maximum atomic E-state index is 3.88. The molecule has 1 N–H and O–H groups in total. The van der Waals surface area contributed by atoms with Crippen LogP contribution in [0.3, 0.4) is 0 Å². The molecule has 0 fully saturated rings. The minimum Gasteiger partial charge on any atom is -0.352 e. The molecule has 1 heterocycles. The summed E-state index contributed by atoms with van der Waals surface area (Å²) in [6.07, 6.45) is 0. The SMILES string of the molecule is CN(C)CC(C)(C)CNc1nnnn1C. The first-order chi connectivity index (χ1) is 6.91. The maximum absolute atomic E-state index is 3.88. The number of aryl methyl sites for hydroxylation is 1. The number of aromatic nitrogens is 4. The van der Waals surface area contributed by atoms with E-state index in [1.807, 2.05) is 7.05 Å². The van der Waals surface area contributed by atoms with E-state index < -0.39 is 0 Å². The van der Waals surface area contributed by atoms with Gasteiger partial charge in [0.25, 0.3) is 0 Å². The van der Waals surface area contributed by atoms with Crippen LogP contribution in [-0.2, 0) is 7.05 Å². The van der Waals surface area contributed by atoms with Crippen molar-refractivity contribution in [2.75, 3.05) is 32.5 Å².